The molecule has 1 aromatic heterocycles. The Morgan fingerprint density at radius 3 is 2.92 bits per heavy atom. The van der Waals surface area contributed by atoms with Gasteiger partial charge in [-0.2, -0.15) is 0 Å². The first-order valence-electron chi connectivity index (χ1n) is 4.54. The number of ether oxygens (including phenoxy) is 1. The zero-order valence-electron chi connectivity index (χ0n) is 7.03. The Kier molecular flexibility index (Phi) is 1.57. The summed E-state index contributed by atoms with van der Waals surface area (Å²) in [4.78, 5) is 0.359. The summed E-state index contributed by atoms with van der Waals surface area (Å²) in [5.41, 5.74) is 0. The third-order valence-corrected chi connectivity index (χ3v) is 3.05. The molecule has 0 aromatic carbocycles. The monoisotopic (exact) mass is 198 g/mol. The molecule has 2 aliphatic heterocycles. The molecule has 4 nitrogen and oxygen atoms in total. The number of aromatic nitrogens is 2. The van der Waals surface area contributed by atoms with Gasteiger partial charge >= 0.3 is 0 Å². The van der Waals surface area contributed by atoms with Gasteiger partial charge in [0.15, 0.2) is 0 Å². The van der Waals surface area contributed by atoms with Crippen molar-refractivity contribution in [1.29, 1.82) is 0 Å². The summed E-state index contributed by atoms with van der Waals surface area (Å²) in [6, 6.07) is 0. The molecule has 1 N–H and O–H groups in total. The van der Waals surface area contributed by atoms with Gasteiger partial charge in [-0.05, 0) is 31.5 Å². The van der Waals surface area contributed by atoms with E-state index in [2.05, 4.69) is 10.2 Å². The molecule has 0 amide bonds. The quantitative estimate of drug-likeness (QED) is 0.699. The fraction of sp³-hybridized carbons (Fsp3) is 0.750. The number of aromatic amines is 1. The molecule has 3 heterocycles. The zero-order valence-corrected chi connectivity index (χ0v) is 7.84. The fourth-order valence-electron chi connectivity index (χ4n) is 2.30. The first-order valence-corrected chi connectivity index (χ1v) is 4.94. The van der Waals surface area contributed by atoms with Crippen LogP contribution in [0.5, 0.6) is 0 Å². The maximum atomic E-state index is 5.70. The van der Waals surface area contributed by atoms with E-state index in [1.807, 2.05) is 0 Å². The highest BCUT2D eigenvalue weighted by atomic mass is 32.1. The van der Waals surface area contributed by atoms with Gasteiger partial charge < -0.3 is 9.15 Å². The smallest absolute Gasteiger partial charge is 0.284 e. The molecule has 3 unspecified atom stereocenters. The number of H-pyrrole nitrogens is 1. The predicted molar refractivity (Wildman–Crippen MR) is 46.9 cm³/mol. The number of nitrogens with zero attached hydrogens (tertiary/aromatic N) is 1. The van der Waals surface area contributed by atoms with E-state index in [1.165, 1.54) is 6.42 Å². The predicted octanol–water partition coefficient (Wildman–Crippen LogP) is 1.77. The van der Waals surface area contributed by atoms with Crippen molar-refractivity contribution in [1.82, 2.24) is 10.2 Å². The summed E-state index contributed by atoms with van der Waals surface area (Å²) in [6.07, 6.45) is 4.09. The molecule has 70 valence electrons. The van der Waals surface area contributed by atoms with E-state index in [0.29, 0.717) is 23.0 Å². The Labute approximate surface area is 80.3 Å². The molecule has 13 heavy (non-hydrogen) atoms. The number of nitrogens with one attached hydrogen (secondary N) is 1. The van der Waals surface area contributed by atoms with Gasteiger partial charge in [-0.25, -0.2) is 5.10 Å². The molecule has 2 saturated heterocycles. The van der Waals surface area contributed by atoms with Crippen molar-refractivity contribution >= 4 is 12.2 Å². The number of rotatable bonds is 1. The van der Waals surface area contributed by atoms with Crippen LogP contribution in [0.2, 0.25) is 0 Å². The second-order valence-corrected chi connectivity index (χ2v) is 4.04. The Hall–Kier alpha value is -0.680. The van der Waals surface area contributed by atoms with Gasteiger partial charge in [-0.3, -0.25) is 0 Å². The summed E-state index contributed by atoms with van der Waals surface area (Å²) in [5, 5.41) is 6.69. The van der Waals surface area contributed by atoms with Crippen LogP contribution in [-0.4, -0.2) is 22.4 Å². The van der Waals surface area contributed by atoms with Gasteiger partial charge in [-0.15, -0.1) is 5.10 Å². The molecule has 3 atom stereocenters. The Bertz CT molecular complexity index is 372. The Morgan fingerprint density at radius 1 is 1.46 bits per heavy atom. The first kappa shape index (κ1) is 7.70. The lowest BCUT2D eigenvalue weighted by molar-refractivity contribution is 0.0981. The summed E-state index contributed by atoms with van der Waals surface area (Å²) >= 11 is 4.83. The second-order valence-electron chi connectivity index (χ2n) is 3.67. The molecular formula is C8H10N2O2S. The van der Waals surface area contributed by atoms with E-state index >= 15 is 0 Å². The van der Waals surface area contributed by atoms with E-state index < -0.39 is 0 Å². The van der Waals surface area contributed by atoms with Crippen molar-refractivity contribution in [3.63, 3.8) is 0 Å². The number of fused-ring (bicyclic) bond motifs is 2. The molecular weight excluding hydrogens is 188 g/mol. The van der Waals surface area contributed by atoms with Crippen LogP contribution in [0.1, 0.15) is 31.1 Å². The van der Waals surface area contributed by atoms with Gasteiger partial charge in [-0.1, -0.05) is 0 Å². The van der Waals surface area contributed by atoms with Crippen LogP contribution < -0.4 is 0 Å². The Morgan fingerprint density at radius 2 is 2.38 bits per heavy atom. The van der Waals surface area contributed by atoms with Crippen molar-refractivity contribution in [3.05, 3.63) is 10.7 Å². The van der Waals surface area contributed by atoms with Crippen LogP contribution in [0, 0.1) is 4.84 Å². The van der Waals surface area contributed by atoms with E-state index in [9.17, 15) is 0 Å². The summed E-state index contributed by atoms with van der Waals surface area (Å²) in [6.45, 7) is 0. The summed E-state index contributed by atoms with van der Waals surface area (Å²) < 4.78 is 11.0. The average Bonchev–Trinajstić information content (AvgIpc) is 2.77. The summed E-state index contributed by atoms with van der Waals surface area (Å²) in [7, 11) is 0. The minimum atomic E-state index is 0.312. The van der Waals surface area contributed by atoms with Crippen molar-refractivity contribution in [2.45, 2.75) is 37.4 Å². The molecule has 5 heteroatoms. The second kappa shape index (κ2) is 2.65. The Balaban J connectivity index is 1.91. The first-order chi connectivity index (χ1) is 6.33. The van der Waals surface area contributed by atoms with Crippen LogP contribution in [0.15, 0.2) is 4.42 Å². The molecule has 0 saturated carbocycles. The molecule has 1 aromatic rings. The minimum Gasteiger partial charge on any atom is -0.414 e. The molecule has 0 spiro atoms. The fourth-order valence-corrected chi connectivity index (χ4v) is 2.43. The van der Waals surface area contributed by atoms with Crippen molar-refractivity contribution in [3.8, 4) is 0 Å². The van der Waals surface area contributed by atoms with Gasteiger partial charge in [0.2, 0.25) is 5.89 Å². The third-order valence-electron chi connectivity index (χ3n) is 2.88. The summed E-state index contributed by atoms with van der Waals surface area (Å²) in [5.74, 6) is 1.05. The highest BCUT2D eigenvalue weighted by molar-refractivity contribution is 7.71. The SMILES string of the molecule is S=c1[nH]nc(C2CC3CCC2O3)o1. The zero-order chi connectivity index (χ0) is 8.84. The average molecular weight is 198 g/mol. The highest BCUT2D eigenvalue weighted by Gasteiger charge is 2.43. The maximum absolute atomic E-state index is 5.70. The van der Waals surface area contributed by atoms with E-state index in [0.717, 1.165) is 18.7 Å². The molecule has 0 aliphatic carbocycles. The molecule has 2 aliphatic rings. The normalized spacial score (nSPS) is 37.1. The van der Waals surface area contributed by atoms with Gasteiger partial charge in [0.1, 0.15) is 0 Å². The van der Waals surface area contributed by atoms with Crippen LogP contribution in [0.4, 0.5) is 0 Å². The van der Waals surface area contributed by atoms with Crippen LogP contribution in [-0.2, 0) is 4.74 Å². The highest BCUT2D eigenvalue weighted by Crippen LogP contribution is 2.43. The van der Waals surface area contributed by atoms with Crippen molar-refractivity contribution in [2.75, 3.05) is 0 Å². The van der Waals surface area contributed by atoms with Crippen molar-refractivity contribution in [2.24, 2.45) is 0 Å². The van der Waals surface area contributed by atoms with E-state index in [-0.39, 0.29) is 0 Å². The topological polar surface area (TPSA) is 51.0 Å². The van der Waals surface area contributed by atoms with E-state index in [1.54, 1.807) is 0 Å². The van der Waals surface area contributed by atoms with E-state index in [4.69, 9.17) is 21.4 Å². The maximum Gasteiger partial charge on any atom is 0.284 e. The molecule has 3 rings (SSSR count). The molecule has 2 bridgehead atoms. The lowest BCUT2D eigenvalue weighted by Crippen LogP contribution is -2.14. The largest absolute Gasteiger partial charge is 0.414 e. The lowest BCUT2D eigenvalue weighted by Gasteiger charge is -2.13. The lowest BCUT2D eigenvalue weighted by atomic mass is 9.89. The van der Waals surface area contributed by atoms with Gasteiger partial charge in [0.25, 0.3) is 4.84 Å². The standard InChI is InChI=1S/C8H10N2O2S/c13-8-10-9-7(12-8)5-3-4-1-2-6(5)11-4/h4-6H,1-3H2,(H,10,13). The van der Waals surface area contributed by atoms with Crippen LogP contribution >= 0.6 is 12.2 Å². The number of hydrogen-bond acceptors (Lipinski definition) is 4. The molecule has 0 radical (unpaired) electrons. The van der Waals surface area contributed by atoms with Crippen LogP contribution in [0.25, 0.3) is 0 Å². The number of hydrogen-bond donors (Lipinski definition) is 1. The van der Waals surface area contributed by atoms with Gasteiger partial charge in [0.05, 0.1) is 18.1 Å². The van der Waals surface area contributed by atoms with Gasteiger partial charge in [0, 0.05) is 0 Å². The van der Waals surface area contributed by atoms with Crippen molar-refractivity contribution < 1.29 is 9.15 Å². The minimum absolute atomic E-state index is 0.312. The molecule has 2 fully saturated rings. The van der Waals surface area contributed by atoms with Crippen LogP contribution in [0.3, 0.4) is 0 Å². The third kappa shape index (κ3) is 1.14.